The molecule has 1 aromatic carbocycles. The minimum Gasteiger partial charge on any atom is -0.467 e. The van der Waals surface area contributed by atoms with E-state index in [1.54, 1.807) is 12.1 Å². The first-order valence-corrected chi connectivity index (χ1v) is 9.74. The van der Waals surface area contributed by atoms with E-state index in [2.05, 4.69) is 10.0 Å². The maximum Gasteiger partial charge on any atom is 0.253 e. The number of sulfonamides is 1. The van der Waals surface area contributed by atoms with Gasteiger partial charge in [0.15, 0.2) is 0 Å². The highest BCUT2D eigenvalue weighted by Gasteiger charge is 2.22. The van der Waals surface area contributed by atoms with Crippen molar-refractivity contribution in [2.45, 2.75) is 25.3 Å². The Kier molecular flexibility index (Phi) is 6.51. The number of hydrogen-bond acceptors (Lipinski definition) is 4. The van der Waals surface area contributed by atoms with E-state index < -0.39 is 15.9 Å². The third-order valence-corrected chi connectivity index (χ3v) is 5.44. The minimum absolute atomic E-state index is 0.0162. The van der Waals surface area contributed by atoms with Crippen molar-refractivity contribution in [3.63, 3.8) is 0 Å². The molecule has 0 aliphatic heterocycles. The SMILES string of the molecule is CC(C)CNS(=O)(=O)c1cc(C(=O)NCc2ccco2)c(Cl)cc1Cl. The molecule has 0 bridgehead atoms. The van der Waals surface area contributed by atoms with E-state index in [-0.39, 0.29) is 39.5 Å². The molecule has 6 nitrogen and oxygen atoms in total. The number of hydrogen-bond donors (Lipinski definition) is 2. The molecule has 1 aromatic heterocycles. The molecule has 136 valence electrons. The molecular formula is C16H18Cl2N2O4S. The van der Waals surface area contributed by atoms with Crippen molar-refractivity contribution in [3.8, 4) is 0 Å². The normalized spacial score (nSPS) is 11.7. The largest absolute Gasteiger partial charge is 0.467 e. The lowest BCUT2D eigenvalue weighted by Gasteiger charge is -2.13. The van der Waals surface area contributed by atoms with Crippen molar-refractivity contribution in [2.75, 3.05) is 6.54 Å². The monoisotopic (exact) mass is 404 g/mol. The number of amides is 1. The van der Waals surface area contributed by atoms with Gasteiger partial charge in [0.25, 0.3) is 5.91 Å². The Morgan fingerprint density at radius 3 is 2.56 bits per heavy atom. The van der Waals surface area contributed by atoms with Crippen LogP contribution in [0.3, 0.4) is 0 Å². The molecule has 2 N–H and O–H groups in total. The Morgan fingerprint density at radius 1 is 1.24 bits per heavy atom. The molecule has 0 saturated carbocycles. The quantitative estimate of drug-likeness (QED) is 0.739. The van der Waals surface area contributed by atoms with Gasteiger partial charge < -0.3 is 9.73 Å². The molecule has 0 unspecified atom stereocenters. The van der Waals surface area contributed by atoms with Gasteiger partial charge in [-0.15, -0.1) is 0 Å². The average molecular weight is 405 g/mol. The highest BCUT2D eigenvalue weighted by molar-refractivity contribution is 7.89. The summed E-state index contributed by atoms with van der Waals surface area (Å²) >= 11 is 12.1. The first-order valence-electron chi connectivity index (χ1n) is 7.50. The van der Waals surface area contributed by atoms with E-state index in [1.165, 1.54) is 18.4 Å². The predicted octanol–water partition coefficient (Wildman–Crippen LogP) is 3.45. The minimum atomic E-state index is -3.86. The van der Waals surface area contributed by atoms with Crippen molar-refractivity contribution < 1.29 is 17.6 Å². The van der Waals surface area contributed by atoms with Crippen LogP contribution < -0.4 is 10.0 Å². The zero-order valence-electron chi connectivity index (χ0n) is 13.7. The Bertz CT molecular complexity index is 849. The van der Waals surface area contributed by atoms with Crippen LogP contribution in [-0.4, -0.2) is 20.9 Å². The fraction of sp³-hybridized carbons (Fsp3) is 0.312. The number of benzene rings is 1. The summed E-state index contributed by atoms with van der Waals surface area (Å²) in [6.07, 6.45) is 1.49. The van der Waals surface area contributed by atoms with Gasteiger partial charge in [-0.2, -0.15) is 0 Å². The fourth-order valence-corrected chi connectivity index (χ4v) is 4.01. The van der Waals surface area contributed by atoms with Gasteiger partial charge in [0.2, 0.25) is 10.0 Å². The molecule has 0 atom stereocenters. The summed E-state index contributed by atoms with van der Waals surface area (Å²) < 4.78 is 32.4. The van der Waals surface area contributed by atoms with Crippen LogP contribution in [0, 0.1) is 5.92 Å². The Hall–Kier alpha value is -1.54. The second-order valence-corrected chi connectivity index (χ2v) is 8.32. The van der Waals surface area contributed by atoms with Gasteiger partial charge >= 0.3 is 0 Å². The summed E-state index contributed by atoms with van der Waals surface area (Å²) in [5, 5.41) is 2.62. The van der Waals surface area contributed by atoms with Gasteiger partial charge in [-0.25, -0.2) is 13.1 Å². The van der Waals surface area contributed by atoms with Gasteiger partial charge in [-0.3, -0.25) is 4.79 Å². The zero-order valence-corrected chi connectivity index (χ0v) is 16.0. The first-order chi connectivity index (χ1) is 11.7. The summed E-state index contributed by atoms with van der Waals surface area (Å²) in [6, 6.07) is 5.82. The number of halogens is 2. The van der Waals surface area contributed by atoms with Crippen LogP contribution in [-0.2, 0) is 16.6 Å². The van der Waals surface area contributed by atoms with Crippen LogP contribution in [0.5, 0.6) is 0 Å². The molecular weight excluding hydrogens is 387 g/mol. The van der Waals surface area contributed by atoms with Gasteiger partial charge in [0, 0.05) is 6.54 Å². The number of carbonyl (C=O) groups excluding carboxylic acids is 1. The molecule has 1 heterocycles. The van der Waals surface area contributed by atoms with Crippen molar-refractivity contribution in [1.29, 1.82) is 0 Å². The van der Waals surface area contributed by atoms with Crippen molar-refractivity contribution in [2.24, 2.45) is 5.92 Å². The zero-order chi connectivity index (χ0) is 18.6. The summed E-state index contributed by atoms with van der Waals surface area (Å²) in [6.45, 7) is 4.15. The summed E-state index contributed by atoms with van der Waals surface area (Å²) in [5.41, 5.74) is 0.0162. The van der Waals surface area contributed by atoms with E-state index in [1.807, 2.05) is 13.8 Å². The van der Waals surface area contributed by atoms with Crippen LogP contribution in [0.4, 0.5) is 0 Å². The summed E-state index contributed by atoms with van der Waals surface area (Å²) in [4.78, 5) is 12.1. The van der Waals surface area contributed by atoms with E-state index in [9.17, 15) is 13.2 Å². The predicted molar refractivity (Wildman–Crippen MR) is 96.4 cm³/mol. The van der Waals surface area contributed by atoms with E-state index >= 15 is 0 Å². The molecule has 0 aliphatic rings. The highest BCUT2D eigenvalue weighted by Crippen LogP contribution is 2.28. The number of nitrogens with one attached hydrogen (secondary N) is 2. The maximum absolute atomic E-state index is 12.4. The Balaban J connectivity index is 2.25. The van der Waals surface area contributed by atoms with Crippen LogP contribution in [0.2, 0.25) is 10.0 Å². The van der Waals surface area contributed by atoms with Crippen LogP contribution in [0.15, 0.2) is 39.8 Å². The molecule has 0 aliphatic carbocycles. The standard InChI is InChI=1S/C16H18Cl2N2O4S/c1-10(2)8-20-25(22,23)15-6-12(13(17)7-14(15)18)16(21)19-9-11-4-3-5-24-11/h3-7,10,20H,8-9H2,1-2H3,(H,19,21). The third-order valence-electron chi connectivity index (χ3n) is 3.24. The fourth-order valence-electron chi connectivity index (χ4n) is 1.94. The molecule has 0 saturated heterocycles. The lowest BCUT2D eigenvalue weighted by atomic mass is 10.2. The second kappa shape index (κ2) is 8.23. The van der Waals surface area contributed by atoms with E-state index in [0.717, 1.165) is 0 Å². The summed E-state index contributed by atoms with van der Waals surface area (Å²) in [7, 11) is -3.86. The van der Waals surface area contributed by atoms with Crippen molar-refractivity contribution >= 4 is 39.1 Å². The van der Waals surface area contributed by atoms with Crippen LogP contribution >= 0.6 is 23.2 Å². The molecule has 0 fully saturated rings. The van der Waals surface area contributed by atoms with Gasteiger partial charge in [-0.1, -0.05) is 37.0 Å². The topological polar surface area (TPSA) is 88.4 Å². The van der Waals surface area contributed by atoms with Crippen molar-refractivity contribution in [1.82, 2.24) is 10.0 Å². The number of carbonyl (C=O) groups is 1. The van der Waals surface area contributed by atoms with Gasteiger partial charge in [0.1, 0.15) is 10.7 Å². The molecule has 9 heteroatoms. The van der Waals surface area contributed by atoms with Crippen LogP contribution in [0.25, 0.3) is 0 Å². The number of furan rings is 1. The summed E-state index contributed by atoms with van der Waals surface area (Å²) in [5.74, 6) is 0.153. The lowest BCUT2D eigenvalue weighted by molar-refractivity contribution is 0.0948. The first kappa shape index (κ1) is 19.8. The second-order valence-electron chi connectivity index (χ2n) is 5.77. The average Bonchev–Trinajstić information content (AvgIpc) is 3.04. The molecule has 2 rings (SSSR count). The molecule has 0 spiro atoms. The highest BCUT2D eigenvalue weighted by atomic mass is 35.5. The molecule has 1 amide bonds. The van der Waals surface area contributed by atoms with Gasteiger partial charge in [0.05, 0.1) is 28.4 Å². The Morgan fingerprint density at radius 2 is 1.96 bits per heavy atom. The van der Waals surface area contributed by atoms with E-state index in [0.29, 0.717) is 5.76 Å². The van der Waals surface area contributed by atoms with Crippen molar-refractivity contribution in [3.05, 3.63) is 51.9 Å². The van der Waals surface area contributed by atoms with Crippen LogP contribution in [0.1, 0.15) is 30.0 Å². The lowest BCUT2D eigenvalue weighted by Crippen LogP contribution is -2.28. The third kappa shape index (κ3) is 5.22. The maximum atomic E-state index is 12.4. The molecule has 25 heavy (non-hydrogen) atoms. The number of rotatable bonds is 7. The Labute approximate surface area is 156 Å². The molecule has 0 radical (unpaired) electrons. The van der Waals surface area contributed by atoms with E-state index in [4.69, 9.17) is 27.6 Å². The molecule has 2 aromatic rings. The smallest absolute Gasteiger partial charge is 0.253 e. The van der Waals surface area contributed by atoms with Gasteiger partial charge in [-0.05, 0) is 30.2 Å².